The first-order chi connectivity index (χ1) is 9.26. The van der Waals surface area contributed by atoms with Crippen LogP contribution in [0.5, 0.6) is 0 Å². The van der Waals surface area contributed by atoms with E-state index < -0.39 is 39.4 Å². The lowest BCUT2D eigenvalue weighted by Crippen LogP contribution is -2.26. The average Bonchev–Trinajstić information content (AvgIpc) is 2.63. The smallest absolute Gasteiger partial charge is 0.302 e. The highest BCUT2D eigenvalue weighted by atomic mass is 32.3. The van der Waals surface area contributed by atoms with E-state index in [4.69, 9.17) is 0 Å². The molecular formula is C12H12F3NO3S. The molecule has 1 amide bonds. The normalized spacial score (nSPS) is 19.6. The standard InChI is InChI=1S/C12H12F3NO3S/c13-10-3-1-2-9(12(10)14)6-16-5-8(4-11(16)17)7-20(15,18)19/h1-3,8H,4-7H2. The van der Waals surface area contributed by atoms with Crippen LogP contribution in [0.3, 0.4) is 0 Å². The molecule has 1 heterocycles. The van der Waals surface area contributed by atoms with Gasteiger partial charge in [0.25, 0.3) is 0 Å². The van der Waals surface area contributed by atoms with Crippen LogP contribution < -0.4 is 0 Å². The molecule has 0 spiro atoms. The topological polar surface area (TPSA) is 54.5 Å². The molecule has 1 fully saturated rings. The molecule has 1 aromatic rings. The molecule has 0 N–H and O–H groups in total. The lowest BCUT2D eigenvalue weighted by atomic mass is 10.1. The van der Waals surface area contributed by atoms with Crippen molar-refractivity contribution in [3.8, 4) is 0 Å². The van der Waals surface area contributed by atoms with E-state index in [1.54, 1.807) is 0 Å². The summed E-state index contributed by atoms with van der Waals surface area (Å²) in [6, 6.07) is 3.62. The van der Waals surface area contributed by atoms with Crippen molar-refractivity contribution in [1.82, 2.24) is 4.90 Å². The first kappa shape index (κ1) is 14.8. The van der Waals surface area contributed by atoms with E-state index in [0.29, 0.717) is 0 Å². The van der Waals surface area contributed by atoms with Gasteiger partial charge in [-0.1, -0.05) is 12.1 Å². The van der Waals surface area contributed by atoms with Crippen molar-refractivity contribution in [2.45, 2.75) is 13.0 Å². The molecule has 4 nitrogen and oxygen atoms in total. The molecule has 0 radical (unpaired) electrons. The van der Waals surface area contributed by atoms with Gasteiger partial charge in [-0.25, -0.2) is 8.78 Å². The zero-order chi connectivity index (χ0) is 14.9. The van der Waals surface area contributed by atoms with Crippen LogP contribution in [0.4, 0.5) is 12.7 Å². The molecule has 0 bridgehead atoms. The summed E-state index contributed by atoms with van der Waals surface area (Å²) in [5.74, 6) is -3.85. The van der Waals surface area contributed by atoms with E-state index in [0.717, 1.165) is 6.07 Å². The van der Waals surface area contributed by atoms with Crippen LogP contribution in [-0.2, 0) is 21.6 Å². The van der Waals surface area contributed by atoms with Gasteiger partial charge >= 0.3 is 10.2 Å². The Kier molecular flexibility index (Phi) is 4.03. The average molecular weight is 307 g/mol. The maximum Gasteiger partial charge on any atom is 0.302 e. The number of rotatable bonds is 4. The van der Waals surface area contributed by atoms with Gasteiger partial charge in [-0.2, -0.15) is 8.42 Å². The van der Waals surface area contributed by atoms with E-state index >= 15 is 0 Å². The van der Waals surface area contributed by atoms with E-state index in [-0.39, 0.29) is 25.1 Å². The molecular weight excluding hydrogens is 295 g/mol. The van der Waals surface area contributed by atoms with Crippen molar-refractivity contribution < 1.29 is 25.9 Å². The maximum atomic E-state index is 13.5. The van der Waals surface area contributed by atoms with Crippen LogP contribution in [0, 0.1) is 17.6 Å². The minimum atomic E-state index is -4.66. The molecule has 0 saturated carbocycles. The SMILES string of the molecule is O=C1CC(CS(=O)(=O)F)CN1Cc1cccc(F)c1F. The third-order valence-corrected chi connectivity index (χ3v) is 3.99. The third-order valence-electron chi connectivity index (χ3n) is 3.12. The van der Waals surface area contributed by atoms with Crippen LogP contribution >= 0.6 is 0 Å². The van der Waals surface area contributed by atoms with Crippen molar-refractivity contribution in [2.75, 3.05) is 12.3 Å². The van der Waals surface area contributed by atoms with Crippen LogP contribution in [-0.4, -0.2) is 31.5 Å². The van der Waals surface area contributed by atoms with E-state index in [2.05, 4.69) is 0 Å². The fourth-order valence-corrected chi connectivity index (χ4v) is 3.06. The number of amides is 1. The number of nitrogens with zero attached hydrogens (tertiary/aromatic N) is 1. The zero-order valence-corrected chi connectivity index (χ0v) is 11.2. The molecule has 1 aliphatic rings. The van der Waals surface area contributed by atoms with Crippen molar-refractivity contribution in [3.63, 3.8) is 0 Å². The first-order valence-electron chi connectivity index (χ1n) is 5.89. The minimum absolute atomic E-state index is 0.00195. The van der Waals surface area contributed by atoms with Gasteiger partial charge in [0.05, 0.1) is 5.75 Å². The second-order valence-corrected chi connectivity index (χ2v) is 6.17. The summed E-state index contributed by atoms with van der Waals surface area (Å²) in [6.07, 6.45) is -0.111. The molecule has 1 aliphatic heterocycles. The largest absolute Gasteiger partial charge is 0.338 e. The molecule has 110 valence electrons. The molecule has 0 aromatic heterocycles. The van der Waals surface area contributed by atoms with Crippen molar-refractivity contribution >= 4 is 16.1 Å². The molecule has 0 aliphatic carbocycles. The molecule has 1 aromatic carbocycles. The van der Waals surface area contributed by atoms with Crippen molar-refractivity contribution in [2.24, 2.45) is 5.92 Å². The maximum absolute atomic E-state index is 13.5. The summed E-state index contributed by atoms with van der Waals surface area (Å²) in [5, 5.41) is 0. The highest BCUT2D eigenvalue weighted by Gasteiger charge is 2.33. The van der Waals surface area contributed by atoms with Crippen LogP contribution in [0.1, 0.15) is 12.0 Å². The van der Waals surface area contributed by atoms with Gasteiger partial charge in [0.2, 0.25) is 5.91 Å². The summed E-state index contributed by atoms with van der Waals surface area (Å²) < 4.78 is 60.2. The van der Waals surface area contributed by atoms with Gasteiger partial charge in [0.15, 0.2) is 11.6 Å². The van der Waals surface area contributed by atoms with Gasteiger partial charge in [0.1, 0.15) is 0 Å². The Balaban J connectivity index is 2.07. The monoisotopic (exact) mass is 307 g/mol. The van der Waals surface area contributed by atoms with Crippen LogP contribution in [0.15, 0.2) is 18.2 Å². The summed E-state index contributed by atoms with van der Waals surface area (Å²) in [5.41, 5.74) is 0.00195. The fraction of sp³-hybridized carbons (Fsp3) is 0.417. The number of carbonyl (C=O) groups excluding carboxylic acids is 1. The number of benzene rings is 1. The fourth-order valence-electron chi connectivity index (χ4n) is 2.28. The Bertz CT molecular complexity index is 633. The highest BCUT2D eigenvalue weighted by Crippen LogP contribution is 2.23. The zero-order valence-electron chi connectivity index (χ0n) is 10.4. The number of halogens is 3. The van der Waals surface area contributed by atoms with Gasteiger partial charge in [-0.3, -0.25) is 4.79 Å². The van der Waals surface area contributed by atoms with Gasteiger partial charge in [-0.05, 0) is 6.07 Å². The third kappa shape index (κ3) is 3.50. The quantitative estimate of drug-likeness (QED) is 0.794. The summed E-state index contributed by atoms with van der Waals surface area (Å²) in [7, 11) is -4.66. The lowest BCUT2D eigenvalue weighted by Gasteiger charge is -2.17. The molecule has 8 heteroatoms. The number of hydrogen-bond donors (Lipinski definition) is 0. The predicted molar refractivity (Wildman–Crippen MR) is 64.8 cm³/mol. The van der Waals surface area contributed by atoms with Gasteiger partial charge in [-0.15, -0.1) is 3.89 Å². The van der Waals surface area contributed by atoms with E-state index in [1.807, 2.05) is 0 Å². The number of hydrogen-bond acceptors (Lipinski definition) is 3. The first-order valence-corrected chi connectivity index (χ1v) is 7.44. The van der Waals surface area contributed by atoms with E-state index in [1.165, 1.54) is 17.0 Å². The lowest BCUT2D eigenvalue weighted by molar-refractivity contribution is -0.128. The summed E-state index contributed by atoms with van der Waals surface area (Å²) in [6.45, 7) is -0.150. The second-order valence-electron chi connectivity index (χ2n) is 4.76. The molecule has 1 unspecified atom stereocenters. The van der Waals surface area contributed by atoms with E-state index in [9.17, 15) is 25.9 Å². The van der Waals surface area contributed by atoms with Gasteiger partial charge in [0, 0.05) is 31.0 Å². The number of likely N-dealkylation sites (tertiary alicyclic amines) is 1. The Labute approximate surface area is 114 Å². The van der Waals surface area contributed by atoms with Crippen LogP contribution in [0.2, 0.25) is 0 Å². The van der Waals surface area contributed by atoms with Crippen LogP contribution in [0.25, 0.3) is 0 Å². The summed E-state index contributed by atoms with van der Waals surface area (Å²) >= 11 is 0. The van der Waals surface area contributed by atoms with Crippen molar-refractivity contribution in [3.05, 3.63) is 35.4 Å². The summed E-state index contributed by atoms with van der Waals surface area (Å²) in [4.78, 5) is 12.9. The molecule has 2 rings (SSSR count). The Hall–Kier alpha value is -1.57. The second kappa shape index (κ2) is 5.43. The predicted octanol–water partition coefficient (Wildman–Crippen LogP) is 1.61. The highest BCUT2D eigenvalue weighted by molar-refractivity contribution is 7.86. The Morgan fingerprint density at radius 2 is 2.00 bits per heavy atom. The Morgan fingerprint density at radius 1 is 1.30 bits per heavy atom. The molecule has 20 heavy (non-hydrogen) atoms. The molecule has 1 saturated heterocycles. The van der Waals surface area contributed by atoms with Gasteiger partial charge < -0.3 is 4.90 Å². The van der Waals surface area contributed by atoms with Crippen molar-refractivity contribution in [1.29, 1.82) is 0 Å². The Morgan fingerprint density at radius 3 is 2.65 bits per heavy atom. The molecule has 1 atom stereocenters. The number of carbonyl (C=O) groups is 1. The minimum Gasteiger partial charge on any atom is -0.338 e.